The molecule has 0 spiro atoms. The topological polar surface area (TPSA) is 137 Å². The second kappa shape index (κ2) is 10.3. The van der Waals surface area contributed by atoms with Gasteiger partial charge in [0.15, 0.2) is 11.4 Å². The molecule has 1 fully saturated rings. The maximum absolute atomic E-state index is 13.2. The van der Waals surface area contributed by atoms with Gasteiger partial charge in [0.05, 0.1) is 5.56 Å². The molecule has 1 amide bonds. The quantitative estimate of drug-likeness (QED) is 0.191. The molecule has 2 aromatic carbocycles. The summed E-state index contributed by atoms with van der Waals surface area (Å²) in [5.74, 6) is 0.821. The highest BCUT2D eigenvalue weighted by atomic mass is 16.3. The molecule has 180 valence electrons. The predicted molar refractivity (Wildman–Crippen MR) is 136 cm³/mol. The summed E-state index contributed by atoms with van der Waals surface area (Å²) in [6.07, 6.45) is 1.76. The van der Waals surface area contributed by atoms with E-state index in [0.29, 0.717) is 31.9 Å². The van der Waals surface area contributed by atoms with Crippen molar-refractivity contribution in [2.24, 2.45) is 11.5 Å². The van der Waals surface area contributed by atoms with Crippen molar-refractivity contribution in [1.82, 2.24) is 9.88 Å². The summed E-state index contributed by atoms with van der Waals surface area (Å²) in [5.41, 5.74) is 15.8. The number of nitrogens with zero attached hydrogens (tertiary/aromatic N) is 3. The third-order valence-electron chi connectivity index (χ3n) is 6.24. The lowest BCUT2D eigenvalue weighted by Crippen LogP contribution is -2.82. The summed E-state index contributed by atoms with van der Waals surface area (Å²) >= 11 is 0. The number of hydrogen-bond acceptors (Lipinski definition) is 4. The molecule has 3 aromatic rings. The van der Waals surface area contributed by atoms with Crippen LogP contribution in [0.2, 0.25) is 0 Å². The van der Waals surface area contributed by atoms with Gasteiger partial charge in [0.25, 0.3) is 5.91 Å². The summed E-state index contributed by atoms with van der Waals surface area (Å²) in [7, 11) is 0. The van der Waals surface area contributed by atoms with Gasteiger partial charge >= 0.3 is 11.7 Å². The van der Waals surface area contributed by atoms with E-state index in [4.69, 9.17) is 11.5 Å². The molecule has 1 saturated heterocycles. The first kappa shape index (κ1) is 23.7. The lowest BCUT2D eigenvalue weighted by Gasteiger charge is -2.35. The fourth-order valence-corrected chi connectivity index (χ4v) is 3.98. The fourth-order valence-electron chi connectivity index (χ4n) is 3.98. The van der Waals surface area contributed by atoms with E-state index < -0.39 is 0 Å². The number of aromatic nitrogens is 1. The SMILES string of the molecule is Cc1cccc([NH+]=C(N)C(N)=[NH+]c2cccc(C(=O)N3CCN(c4ccccn4)CC3)c2O)c1C. The fraction of sp³-hybridized carbons (Fsp3) is 0.231. The van der Waals surface area contributed by atoms with Crippen LogP contribution in [0.4, 0.5) is 17.2 Å². The van der Waals surface area contributed by atoms with Crippen LogP contribution >= 0.6 is 0 Å². The van der Waals surface area contributed by atoms with Crippen molar-refractivity contribution in [1.29, 1.82) is 0 Å². The van der Waals surface area contributed by atoms with Crippen molar-refractivity contribution in [3.8, 4) is 5.75 Å². The van der Waals surface area contributed by atoms with E-state index >= 15 is 0 Å². The van der Waals surface area contributed by atoms with Crippen LogP contribution < -0.4 is 26.4 Å². The highest BCUT2D eigenvalue weighted by Crippen LogP contribution is 2.25. The molecule has 2 heterocycles. The number of phenols is 1. The molecular formula is C26H31N7O2+2. The molecule has 1 aliphatic rings. The maximum atomic E-state index is 13.2. The Morgan fingerprint density at radius 2 is 1.54 bits per heavy atom. The third kappa shape index (κ3) is 5.24. The van der Waals surface area contributed by atoms with Crippen LogP contribution in [-0.4, -0.2) is 58.7 Å². The number of amidine groups is 2. The minimum absolute atomic E-state index is 0.134. The van der Waals surface area contributed by atoms with Gasteiger partial charge in [-0.25, -0.2) is 15.0 Å². The van der Waals surface area contributed by atoms with Crippen LogP contribution in [0.5, 0.6) is 5.75 Å². The molecule has 0 unspecified atom stereocenters. The van der Waals surface area contributed by atoms with Gasteiger partial charge in [0.1, 0.15) is 11.5 Å². The second-order valence-corrected chi connectivity index (χ2v) is 8.49. The van der Waals surface area contributed by atoms with Gasteiger partial charge in [0.2, 0.25) is 0 Å². The number of piperazine rings is 1. The van der Waals surface area contributed by atoms with Crippen molar-refractivity contribution in [2.75, 3.05) is 31.1 Å². The molecular weight excluding hydrogens is 442 g/mol. The molecule has 0 radical (unpaired) electrons. The Bertz CT molecular complexity index is 1280. The number of pyridine rings is 1. The number of rotatable bonds is 4. The Balaban J connectivity index is 1.50. The second-order valence-electron chi connectivity index (χ2n) is 8.49. The highest BCUT2D eigenvalue weighted by molar-refractivity contribution is 6.34. The Kier molecular flexibility index (Phi) is 6.96. The third-order valence-corrected chi connectivity index (χ3v) is 6.24. The Morgan fingerprint density at radius 1 is 0.886 bits per heavy atom. The van der Waals surface area contributed by atoms with Gasteiger partial charge in [-0.3, -0.25) is 16.3 Å². The van der Waals surface area contributed by atoms with E-state index in [0.717, 1.165) is 22.6 Å². The van der Waals surface area contributed by atoms with Crippen LogP contribution in [0.25, 0.3) is 0 Å². The minimum Gasteiger partial charge on any atom is -0.503 e. The summed E-state index contributed by atoms with van der Waals surface area (Å²) < 4.78 is 0. The first-order valence-electron chi connectivity index (χ1n) is 11.5. The van der Waals surface area contributed by atoms with Crippen LogP contribution in [0, 0.1) is 13.8 Å². The number of para-hydroxylation sites is 1. The van der Waals surface area contributed by atoms with Crippen molar-refractivity contribution >= 4 is 34.8 Å². The monoisotopic (exact) mass is 473 g/mol. The van der Waals surface area contributed by atoms with Crippen molar-refractivity contribution < 1.29 is 19.9 Å². The molecule has 0 atom stereocenters. The normalized spacial score (nSPS) is 14.8. The number of nitrogens with two attached hydrogens (primary N) is 2. The number of aryl methyl sites for hydroxylation is 1. The molecule has 1 aliphatic heterocycles. The van der Waals surface area contributed by atoms with Crippen molar-refractivity contribution in [2.45, 2.75) is 13.8 Å². The molecule has 9 nitrogen and oxygen atoms in total. The summed E-state index contributed by atoms with van der Waals surface area (Å²) in [6.45, 7) is 6.39. The first-order valence-corrected chi connectivity index (χ1v) is 11.5. The molecule has 0 bridgehead atoms. The number of amides is 1. The zero-order valence-electron chi connectivity index (χ0n) is 20.0. The summed E-state index contributed by atoms with van der Waals surface area (Å²) in [5, 5.41) is 10.9. The summed E-state index contributed by atoms with van der Waals surface area (Å²) in [4.78, 5) is 27.4. The number of carbonyl (C=O) groups is 1. The molecule has 0 saturated carbocycles. The number of benzene rings is 2. The van der Waals surface area contributed by atoms with Gasteiger partial charge in [-0.05, 0) is 55.3 Å². The van der Waals surface area contributed by atoms with Crippen LogP contribution in [0.3, 0.4) is 0 Å². The Hall–Kier alpha value is -4.40. The van der Waals surface area contributed by atoms with E-state index in [1.807, 2.05) is 50.2 Å². The number of hydrogen-bond donors (Lipinski definition) is 5. The minimum atomic E-state index is -0.240. The number of nitrogens with one attached hydrogen (secondary N) is 2. The molecule has 35 heavy (non-hydrogen) atoms. The van der Waals surface area contributed by atoms with E-state index in [-0.39, 0.29) is 28.9 Å². The number of aromatic hydroxyl groups is 1. The molecule has 1 aromatic heterocycles. The highest BCUT2D eigenvalue weighted by Gasteiger charge is 2.26. The molecule has 0 aliphatic carbocycles. The van der Waals surface area contributed by atoms with Crippen LogP contribution in [0.15, 0.2) is 60.8 Å². The number of phenolic OH excluding ortho intramolecular Hbond substituents is 1. The van der Waals surface area contributed by atoms with E-state index in [9.17, 15) is 9.90 Å². The van der Waals surface area contributed by atoms with Gasteiger partial charge in [-0.15, -0.1) is 0 Å². The van der Waals surface area contributed by atoms with Crippen molar-refractivity contribution in [3.63, 3.8) is 0 Å². The summed E-state index contributed by atoms with van der Waals surface area (Å²) in [6, 6.07) is 16.6. The lowest BCUT2D eigenvalue weighted by molar-refractivity contribution is -0.372. The van der Waals surface area contributed by atoms with Crippen molar-refractivity contribution in [3.05, 3.63) is 77.5 Å². The predicted octanol–water partition coefficient (Wildman–Crippen LogP) is -0.795. The number of carbonyl (C=O) groups excluding carboxylic acids is 1. The van der Waals surface area contributed by atoms with Gasteiger partial charge < -0.3 is 14.9 Å². The van der Waals surface area contributed by atoms with E-state index in [2.05, 4.69) is 19.9 Å². The molecule has 7 N–H and O–H groups in total. The average molecular weight is 474 g/mol. The molecule has 9 heteroatoms. The largest absolute Gasteiger partial charge is 0.503 e. The Morgan fingerprint density at radius 3 is 2.23 bits per heavy atom. The van der Waals surface area contributed by atoms with E-state index in [1.54, 1.807) is 29.3 Å². The smallest absolute Gasteiger partial charge is 0.361 e. The lowest BCUT2D eigenvalue weighted by atomic mass is 10.1. The number of anilines is 1. The zero-order chi connectivity index (χ0) is 24.9. The maximum Gasteiger partial charge on any atom is 0.361 e. The van der Waals surface area contributed by atoms with Crippen LogP contribution in [-0.2, 0) is 0 Å². The van der Waals surface area contributed by atoms with E-state index in [1.165, 1.54) is 0 Å². The zero-order valence-corrected chi connectivity index (χ0v) is 20.0. The Labute approximate surface area is 204 Å². The van der Waals surface area contributed by atoms with Crippen LogP contribution in [0.1, 0.15) is 21.5 Å². The van der Waals surface area contributed by atoms with Gasteiger partial charge in [-0.1, -0.05) is 24.3 Å². The molecule has 4 rings (SSSR count). The average Bonchev–Trinajstić information content (AvgIpc) is 2.88. The first-order chi connectivity index (χ1) is 16.8. The van der Waals surface area contributed by atoms with Gasteiger partial charge in [0, 0.05) is 32.4 Å². The van der Waals surface area contributed by atoms with Gasteiger partial charge in [-0.2, -0.15) is 0 Å². The standard InChI is InChI=1S/C26H29N7O2/c1-17-7-5-9-20(18(17)2)30-24(27)25(28)31-21-10-6-8-19(23(21)34)26(35)33-15-13-32(14-16-33)22-11-3-4-12-29-22/h3-12,34H,13-16H2,1-2H3,(H2,27,30)(H2,28,31)/p+2.